The van der Waals surface area contributed by atoms with Crippen molar-refractivity contribution in [2.45, 2.75) is 43.9 Å². The zero-order valence-electron chi connectivity index (χ0n) is 24.5. The van der Waals surface area contributed by atoms with Gasteiger partial charge in [-0.1, -0.05) is 29.8 Å². The lowest BCUT2D eigenvalue weighted by molar-refractivity contribution is -0.192. The monoisotopic (exact) mass is 691 g/mol. The van der Waals surface area contributed by atoms with Crippen LogP contribution in [-0.2, 0) is 29.0 Å². The molecule has 0 saturated heterocycles. The van der Waals surface area contributed by atoms with Crippen LogP contribution < -0.4 is 16.4 Å². The van der Waals surface area contributed by atoms with Gasteiger partial charge in [-0.3, -0.25) is 24.5 Å². The quantitative estimate of drug-likeness (QED) is 0.148. The number of hydrogen-bond donors (Lipinski definition) is 4. The lowest BCUT2D eigenvalue weighted by atomic mass is 9.93. The number of nitrogens with two attached hydrogens (primary N) is 2. The van der Waals surface area contributed by atoms with Crippen molar-refractivity contribution in [2.24, 2.45) is 11.5 Å². The summed E-state index contributed by atoms with van der Waals surface area (Å²) in [5.74, 6) is -4.96. The third-order valence-electron chi connectivity index (χ3n) is 6.54. The number of anilines is 1. The Hall–Kier alpha value is -4.86. The smallest absolute Gasteiger partial charge is 0.479 e. The van der Waals surface area contributed by atoms with Gasteiger partial charge in [0.2, 0.25) is 5.50 Å². The summed E-state index contributed by atoms with van der Waals surface area (Å²) in [4.78, 5) is 55.6. The number of halogens is 4. The number of pyridine rings is 2. The summed E-state index contributed by atoms with van der Waals surface area (Å²) < 4.78 is 31.7. The summed E-state index contributed by atoms with van der Waals surface area (Å²) in [6.07, 6.45) is 4.05. The molecule has 16 heteroatoms. The predicted octanol–water partition coefficient (Wildman–Crippen LogP) is 5.26. The van der Waals surface area contributed by atoms with Crippen LogP contribution >= 0.6 is 22.9 Å². The first-order chi connectivity index (χ1) is 22.3. The highest BCUT2D eigenvalue weighted by molar-refractivity contribution is 7.14. The summed E-state index contributed by atoms with van der Waals surface area (Å²) in [5, 5.41) is 16.3. The summed E-state index contributed by atoms with van der Waals surface area (Å²) >= 11 is 7.44. The van der Waals surface area contributed by atoms with Gasteiger partial charge >= 0.3 is 18.1 Å². The summed E-state index contributed by atoms with van der Waals surface area (Å²) in [7, 11) is 0. The Morgan fingerprint density at radius 2 is 1.70 bits per heavy atom. The third kappa shape index (κ3) is 9.81. The van der Waals surface area contributed by atoms with E-state index in [0.717, 1.165) is 34.6 Å². The summed E-state index contributed by atoms with van der Waals surface area (Å²) in [6, 6.07) is 15.6. The number of primary amides is 1. The second-order valence-corrected chi connectivity index (χ2v) is 11.3. The molecule has 2 amide bonds. The first-order valence-electron chi connectivity index (χ1n) is 13.8. The van der Waals surface area contributed by atoms with E-state index in [9.17, 15) is 27.6 Å². The van der Waals surface area contributed by atoms with Crippen molar-refractivity contribution in [3.8, 4) is 11.3 Å². The Labute approximate surface area is 275 Å². The minimum absolute atomic E-state index is 0.275. The number of rotatable bonds is 7. The Morgan fingerprint density at radius 1 is 1.00 bits per heavy atom. The van der Waals surface area contributed by atoms with Crippen LogP contribution in [-0.4, -0.2) is 55.6 Å². The predicted molar refractivity (Wildman–Crippen MR) is 169 cm³/mol. The van der Waals surface area contributed by atoms with Crippen molar-refractivity contribution in [2.75, 3.05) is 4.90 Å². The zero-order chi connectivity index (χ0) is 34.7. The summed E-state index contributed by atoms with van der Waals surface area (Å²) in [5.41, 5.74) is 14.0. The van der Waals surface area contributed by atoms with Crippen LogP contribution in [0.25, 0.3) is 11.3 Å². The third-order valence-corrected chi connectivity index (χ3v) is 8.23. The molecule has 0 radical (unpaired) electrons. The molecule has 4 aromatic rings. The molecule has 1 aliphatic rings. The molecule has 11 nitrogen and oxygen atoms in total. The Balaban J connectivity index is 0.000000216. The minimum atomic E-state index is -5.08. The number of hydrogen-bond acceptors (Lipinski definition) is 8. The number of alkyl halides is 4. The Morgan fingerprint density at radius 3 is 2.26 bits per heavy atom. The first-order valence-corrected chi connectivity index (χ1v) is 15.1. The van der Waals surface area contributed by atoms with Gasteiger partial charge in [0, 0.05) is 34.9 Å². The molecule has 1 atom stereocenters. The fourth-order valence-electron chi connectivity index (χ4n) is 4.45. The van der Waals surface area contributed by atoms with Crippen LogP contribution in [0, 0.1) is 0 Å². The number of benzene rings is 1. The normalized spacial score (nSPS) is 12.6. The standard InChI is InChI=1S/C15H14ClN3O3.C14H14N2OS.C2HF3O2/c16-13(15(21)22)19(12-5-2-6-18-9-12)14(20)11-4-1-3-10(7-11)8-17;15-14(17)13-12(10-6-3-4-8-16-10)9-5-1-2-7-11(9)18-13;3-2(4,5)1(6)7/h1-7,9,13H,8,17H2,(H,21,22);3-4,6,8H,1-2,5,7H2,(H2,15,17);(H,6,7)/t13-;;/m1../s1. The average Bonchev–Trinajstić information content (AvgIpc) is 3.46. The molecule has 0 aliphatic heterocycles. The van der Waals surface area contributed by atoms with E-state index >= 15 is 0 Å². The number of carbonyl (C=O) groups is 4. The molecular weight excluding hydrogens is 663 g/mol. The molecule has 1 aliphatic carbocycles. The van der Waals surface area contributed by atoms with Crippen LogP contribution in [0.15, 0.2) is 73.2 Å². The van der Waals surface area contributed by atoms with Crippen molar-refractivity contribution in [1.29, 1.82) is 0 Å². The van der Waals surface area contributed by atoms with E-state index in [-0.39, 0.29) is 12.5 Å². The van der Waals surface area contributed by atoms with Gasteiger partial charge in [0.05, 0.1) is 17.6 Å². The number of aliphatic carboxylic acids is 2. The molecule has 3 heterocycles. The molecule has 0 spiro atoms. The highest BCUT2D eigenvalue weighted by atomic mass is 35.5. The molecule has 5 rings (SSSR count). The molecule has 0 saturated carbocycles. The molecule has 0 bridgehead atoms. The largest absolute Gasteiger partial charge is 0.490 e. The van der Waals surface area contributed by atoms with E-state index < -0.39 is 29.5 Å². The average molecular weight is 692 g/mol. The number of aryl methyl sites for hydroxylation is 1. The molecule has 248 valence electrons. The highest BCUT2D eigenvalue weighted by Gasteiger charge is 2.38. The molecular formula is C31H29ClF3N5O6S. The van der Waals surface area contributed by atoms with Crippen LogP contribution in [0.1, 0.15) is 48.9 Å². The maximum atomic E-state index is 12.7. The van der Waals surface area contributed by atoms with E-state index in [1.165, 1.54) is 35.7 Å². The van der Waals surface area contributed by atoms with Crippen molar-refractivity contribution in [1.82, 2.24) is 9.97 Å². The number of carboxylic acid groups (broad SMARTS) is 2. The van der Waals surface area contributed by atoms with Gasteiger partial charge in [-0.2, -0.15) is 13.2 Å². The van der Waals surface area contributed by atoms with Gasteiger partial charge in [0.15, 0.2) is 0 Å². The van der Waals surface area contributed by atoms with Crippen molar-refractivity contribution < 1.29 is 42.6 Å². The van der Waals surface area contributed by atoms with Gasteiger partial charge in [-0.05, 0) is 73.2 Å². The number of nitrogens with zero attached hydrogens (tertiary/aromatic N) is 3. The zero-order valence-corrected chi connectivity index (χ0v) is 26.1. The lowest BCUT2D eigenvalue weighted by Crippen LogP contribution is -2.42. The molecule has 6 N–H and O–H groups in total. The number of carboxylic acids is 2. The topological polar surface area (TPSA) is 190 Å². The van der Waals surface area contributed by atoms with Crippen LogP contribution in [0.5, 0.6) is 0 Å². The van der Waals surface area contributed by atoms with Crippen molar-refractivity contribution in [3.63, 3.8) is 0 Å². The van der Waals surface area contributed by atoms with Crippen LogP contribution in [0.2, 0.25) is 0 Å². The maximum absolute atomic E-state index is 12.7. The second kappa shape index (κ2) is 16.6. The minimum Gasteiger partial charge on any atom is -0.479 e. The molecule has 0 fully saturated rings. The van der Waals surface area contributed by atoms with Gasteiger partial charge in [-0.15, -0.1) is 11.3 Å². The maximum Gasteiger partial charge on any atom is 0.490 e. The number of carbonyl (C=O) groups excluding carboxylic acids is 2. The number of fused-ring (bicyclic) bond motifs is 1. The van der Waals surface area contributed by atoms with Crippen molar-refractivity contribution >= 4 is 52.4 Å². The van der Waals surface area contributed by atoms with Gasteiger partial charge in [0.25, 0.3) is 11.8 Å². The number of aromatic nitrogens is 2. The van der Waals surface area contributed by atoms with Gasteiger partial charge in [-0.25, -0.2) is 9.59 Å². The van der Waals surface area contributed by atoms with Crippen molar-refractivity contribution in [3.05, 3.63) is 99.6 Å². The molecule has 47 heavy (non-hydrogen) atoms. The first kappa shape index (κ1) is 36.6. The molecule has 0 unspecified atom stereocenters. The van der Waals surface area contributed by atoms with E-state index in [2.05, 4.69) is 9.97 Å². The van der Waals surface area contributed by atoms with E-state index in [0.29, 0.717) is 16.1 Å². The van der Waals surface area contributed by atoms with Gasteiger partial charge in [0.1, 0.15) is 4.88 Å². The SMILES string of the molecule is NC(=O)c1sc2c(c1-c1ccccn1)CCCC2.NCc1cccc(C(=O)N(c2cccnc2)[C@@H](Cl)C(=O)O)c1.O=C(O)C(F)(F)F. The van der Waals surface area contributed by atoms with Gasteiger partial charge < -0.3 is 21.7 Å². The second-order valence-electron chi connectivity index (χ2n) is 9.76. The number of thiophene rings is 1. The lowest BCUT2D eigenvalue weighted by Gasteiger charge is -2.25. The van der Waals surface area contributed by atoms with E-state index in [1.54, 1.807) is 53.9 Å². The molecule has 3 aromatic heterocycles. The Bertz CT molecular complexity index is 1710. The highest BCUT2D eigenvalue weighted by Crippen LogP contribution is 2.39. The van der Waals surface area contributed by atoms with E-state index in [4.69, 9.17) is 38.1 Å². The Kier molecular flexibility index (Phi) is 13.0. The van der Waals surface area contributed by atoms with Crippen LogP contribution in [0.4, 0.5) is 18.9 Å². The number of amides is 2. The fourth-order valence-corrected chi connectivity index (χ4v) is 5.90. The molecule has 1 aromatic carbocycles. The van der Waals surface area contributed by atoms with E-state index in [1.807, 2.05) is 18.2 Å². The summed E-state index contributed by atoms with van der Waals surface area (Å²) in [6.45, 7) is 0.275. The fraction of sp³-hybridized carbons (Fsp3) is 0.226. The van der Waals surface area contributed by atoms with Crippen LogP contribution in [0.3, 0.4) is 0 Å².